The monoisotopic (exact) mass is 348 g/mol. The molecule has 3 rings (SSSR count). The molecular weight excluding hydrogens is 326 g/mol. The van der Waals surface area contributed by atoms with Crippen molar-refractivity contribution in [2.75, 3.05) is 13.1 Å². The SMILES string of the molecule is CCCn1c(C(=O)N2CCCCCC2)cc2cc(F)c(F)cc2c1=O. The van der Waals surface area contributed by atoms with E-state index in [1.807, 2.05) is 6.92 Å². The molecule has 25 heavy (non-hydrogen) atoms. The fourth-order valence-corrected chi connectivity index (χ4v) is 3.41. The quantitative estimate of drug-likeness (QED) is 0.849. The lowest BCUT2D eigenvalue weighted by atomic mass is 10.1. The molecule has 0 N–H and O–H groups in total. The molecule has 0 spiro atoms. The number of carbonyl (C=O) groups is 1. The van der Waals surface area contributed by atoms with Crippen LogP contribution in [0.2, 0.25) is 0 Å². The average Bonchev–Trinajstić information content (AvgIpc) is 2.88. The van der Waals surface area contributed by atoms with Gasteiger partial charge in [-0.15, -0.1) is 0 Å². The highest BCUT2D eigenvalue weighted by Gasteiger charge is 2.22. The minimum Gasteiger partial charge on any atom is -0.337 e. The molecule has 1 aliphatic heterocycles. The molecule has 1 fully saturated rings. The third kappa shape index (κ3) is 3.43. The van der Waals surface area contributed by atoms with Crippen LogP contribution in [0.25, 0.3) is 10.8 Å². The van der Waals surface area contributed by atoms with E-state index in [2.05, 4.69) is 0 Å². The van der Waals surface area contributed by atoms with Gasteiger partial charge in [0.2, 0.25) is 0 Å². The topological polar surface area (TPSA) is 42.3 Å². The van der Waals surface area contributed by atoms with Crippen molar-refractivity contribution in [3.63, 3.8) is 0 Å². The Kier molecular flexibility index (Phi) is 5.16. The number of hydrogen-bond donors (Lipinski definition) is 0. The van der Waals surface area contributed by atoms with Crippen molar-refractivity contribution in [1.82, 2.24) is 9.47 Å². The molecule has 1 aromatic heterocycles. The van der Waals surface area contributed by atoms with Crippen LogP contribution in [0.1, 0.15) is 49.5 Å². The van der Waals surface area contributed by atoms with Crippen molar-refractivity contribution in [1.29, 1.82) is 0 Å². The number of likely N-dealkylation sites (tertiary alicyclic amines) is 1. The maximum Gasteiger partial charge on any atom is 0.270 e. The highest BCUT2D eigenvalue weighted by molar-refractivity contribution is 5.96. The number of fused-ring (bicyclic) bond motifs is 1. The lowest BCUT2D eigenvalue weighted by molar-refractivity contribution is 0.0749. The van der Waals surface area contributed by atoms with Crippen LogP contribution in [0.4, 0.5) is 8.78 Å². The Labute approximate surface area is 145 Å². The predicted molar refractivity (Wildman–Crippen MR) is 92.8 cm³/mol. The zero-order chi connectivity index (χ0) is 18.0. The first-order valence-electron chi connectivity index (χ1n) is 8.84. The van der Waals surface area contributed by atoms with Crippen molar-refractivity contribution in [2.45, 2.75) is 45.6 Å². The van der Waals surface area contributed by atoms with Crippen molar-refractivity contribution >= 4 is 16.7 Å². The highest BCUT2D eigenvalue weighted by atomic mass is 19.2. The summed E-state index contributed by atoms with van der Waals surface area (Å²) < 4.78 is 28.5. The Morgan fingerprint density at radius 3 is 2.32 bits per heavy atom. The van der Waals surface area contributed by atoms with Crippen LogP contribution < -0.4 is 5.56 Å². The maximum absolute atomic E-state index is 13.6. The second-order valence-electron chi connectivity index (χ2n) is 6.55. The predicted octanol–water partition coefficient (Wildman–Crippen LogP) is 3.71. The number of carbonyl (C=O) groups excluding carboxylic acids is 1. The fourth-order valence-electron chi connectivity index (χ4n) is 3.41. The van der Waals surface area contributed by atoms with Crippen LogP contribution in [0.5, 0.6) is 0 Å². The summed E-state index contributed by atoms with van der Waals surface area (Å²) in [6, 6.07) is 3.42. The zero-order valence-electron chi connectivity index (χ0n) is 14.4. The first-order valence-corrected chi connectivity index (χ1v) is 8.84. The Hall–Kier alpha value is -2.24. The maximum atomic E-state index is 13.6. The van der Waals surface area contributed by atoms with Crippen molar-refractivity contribution in [3.8, 4) is 0 Å². The Morgan fingerprint density at radius 2 is 1.68 bits per heavy atom. The second-order valence-corrected chi connectivity index (χ2v) is 6.55. The Balaban J connectivity index is 2.15. The number of benzene rings is 1. The minimum absolute atomic E-state index is 0.0970. The molecule has 1 amide bonds. The first-order chi connectivity index (χ1) is 12.0. The molecular formula is C19H22F2N2O2. The number of pyridine rings is 1. The summed E-state index contributed by atoms with van der Waals surface area (Å²) in [5, 5.41) is 0.356. The van der Waals surface area contributed by atoms with E-state index < -0.39 is 17.2 Å². The third-order valence-corrected chi connectivity index (χ3v) is 4.71. The van der Waals surface area contributed by atoms with Gasteiger partial charge in [-0.3, -0.25) is 9.59 Å². The molecule has 0 saturated carbocycles. The standard InChI is InChI=1S/C19H22F2N2O2/c1-2-7-23-17(19(25)22-8-5-3-4-6-9-22)11-13-10-15(20)16(21)12-14(13)18(23)24/h10-12H,2-9H2,1H3. The van der Waals surface area contributed by atoms with Crippen molar-refractivity contribution in [3.05, 3.63) is 45.9 Å². The smallest absolute Gasteiger partial charge is 0.270 e. The molecule has 4 nitrogen and oxygen atoms in total. The summed E-state index contributed by atoms with van der Waals surface area (Å²) in [5.41, 5.74) is -0.191. The minimum atomic E-state index is -1.06. The van der Waals surface area contributed by atoms with Gasteiger partial charge >= 0.3 is 0 Å². The molecule has 0 unspecified atom stereocenters. The average molecular weight is 348 g/mol. The van der Waals surface area contributed by atoms with Gasteiger partial charge in [0.1, 0.15) is 5.69 Å². The number of hydrogen-bond acceptors (Lipinski definition) is 2. The lowest BCUT2D eigenvalue weighted by Crippen LogP contribution is -2.36. The third-order valence-electron chi connectivity index (χ3n) is 4.71. The Bertz CT molecular complexity index is 853. The van der Waals surface area contributed by atoms with E-state index in [0.29, 0.717) is 26.1 Å². The molecule has 134 valence electrons. The molecule has 1 saturated heterocycles. The fraction of sp³-hybridized carbons (Fsp3) is 0.474. The summed E-state index contributed by atoms with van der Waals surface area (Å²) in [6.07, 6.45) is 4.73. The van der Waals surface area contributed by atoms with Crippen LogP contribution in [0.3, 0.4) is 0 Å². The van der Waals surface area contributed by atoms with Crippen LogP contribution >= 0.6 is 0 Å². The van der Waals surface area contributed by atoms with Gasteiger partial charge in [0.05, 0.1) is 5.39 Å². The van der Waals surface area contributed by atoms with Gasteiger partial charge in [-0.1, -0.05) is 19.8 Å². The van der Waals surface area contributed by atoms with Crippen LogP contribution in [0.15, 0.2) is 23.0 Å². The van der Waals surface area contributed by atoms with Crippen LogP contribution in [-0.2, 0) is 6.54 Å². The number of nitrogens with zero attached hydrogens (tertiary/aromatic N) is 2. The van der Waals surface area contributed by atoms with Gasteiger partial charge in [-0.25, -0.2) is 8.78 Å². The van der Waals surface area contributed by atoms with E-state index in [-0.39, 0.29) is 22.4 Å². The van der Waals surface area contributed by atoms with Gasteiger partial charge in [0, 0.05) is 19.6 Å². The second kappa shape index (κ2) is 7.33. The van der Waals surface area contributed by atoms with E-state index in [1.54, 1.807) is 4.90 Å². The molecule has 0 atom stereocenters. The van der Waals surface area contributed by atoms with E-state index in [4.69, 9.17) is 0 Å². The van der Waals surface area contributed by atoms with E-state index in [0.717, 1.165) is 37.8 Å². The van der Waals surface area contributed by atoms with Gasteiger partial charge in [0.25, 0.3) is 11.5 Å². The Morgan fingerprint density at radius 1 is 1.04 bits per heavy atom. The van der Waals surface area contributed by atoms with Crippen LogP contribution in [-0.4, -0.2) is 28.5 Å². The van der Waals surface area contributed by atoms with Crippen LogP contribution in [0, 0.1) is 11.6 Å². The molecule has 0 bridgehead atoms. The lowest BCUT2D eigenvalue weighted by Gasteiger charge is -2.23. The summed E-state index contributed by atoms with van der Waals surface area (Å²) >= 11 is 0. The molecule has 2 heterocycles. The van der Waals surface area contributed by atoms with Gasteiger partial charge < -0.3 is 9.47 Å². The summed E-state index contributed by atoms with van der Waals surface area (Å²) in [4.78, 5) is 27.5. The van der Waals surface area contributed by atoms with Crippen molar-refractivity contribution in [2.24, 2.45) is 0 Å². The zero-order valence-corrected chi connectivity index (χ0v) is 14.4. The molecule has 6 heteroatoms. The summed E-state index contributed by atoms with van der Waals surface area (Å²) in [7, 11) is 0. The summed E-state index contributed by atoms with van der Waals surface area (Å²) in [5.74, 6) is -2.29. The molecule has 1 aliphatic rings. The molecule has 0 aliphatic carbocycles. The first kappa shape index (κ1) is 17.6. The highest BCUT2D eigenvalue weighted by Crippen LogP contribution is 2.20. The van der Waals surface area contributed by atoms with Gasteiger partial charge in [-0.2, -0.15) is 0 Å². The van der Waals surface area contributed by atoms with E-state index in [9.17, 15) is 18.4 Å². The van der Waals surface area contributed by atoms with Crippen molar-refractivity contribution < 1.29 is 13.6 Å². The summed E-state index contributed by atoms with van der Waals surface area (Å²) in [6.45, 7) is 3.59. The van der Waals surface area contributed by atoms with E-state index in [1.165, 1.54) is 10.6 Å². The number of aromatic nitrogens is 1. The number of rotatable bonds is 3. The normalized spacial score (nSPS) is 15.4. The van der Waals surface area contributed by atoms with Gasteiger partial charge in [0.15, 0.2) is 11.6 Å². The molecule has 1 aromatic carbocycles. The number of amides is 1. The largest absolute Gasteiger partial charge is 0.337 e. The molecule has 2 aromatic rings. The molecule has 0 radical (unpaired) electrons. The van der Waals surface area contributed by atoms with E-state index >= 15 is 0 Å². The number of halogens is 2. The van der Waals surface area contributed by atoms with Gasteiger partial charge in [-0.05, 0) is 42.8 Å².